The lowest BCUT2D eigenvalue weighted by Crippen LogP contribution is -2.36. The molecule has 122 valence electrons. The van der Waals surface area contributed by atoms with Gasteiger partial charge in [-0.3, -0.25) is 4.79 Å². The Morgan fingerprint density at radius 1 is 1.23 bits per heavy atom. The normalized spacial score (nSPS) is 11.9. The summed E-state index contributed by atoms with van der Waals surface area (Å²) < 4.78 is 10.4. The predicted octanol–water partition coefficient (Wildman–Crippen LogP) is 2.57. The fraction of sp³-hybridized carbons (Fsp3) is 0.529. The van der Waals surface area contributed by atoms with Crippen LogP contribution >= 0.6 is 0 Å². The second-order valence-corrected chi connectivity index (χ2v) is 5.49. The van der Waals surface area contributed by atoms with E-state index in [1.54, 1.807) is 6.92 Å². The van der Waals surface area contributed by atoms with Gasteiger partial charge in [-0.1, -0.05) is 19.9 Å². The van der Waals surface area contributed by atoms with Crippen LogP contribution in [0.1, 0.15) is 44.7 Å². The number of aryl methyl sites for hydroxylation is 1. The molecular formula is C17H25NO4. The molecule has 1 aromatic rings. The summed E-state index contributed by atoms with van der Waals surface area (Å²) in [7, 11) is 0. The molecule has 0 radical (unpaired) electrons. The molecule has 0 aromatic heterocycles. The number of likely N-dealkylation sites (N-methyl/N-ethyl adjacent to an activating group) is 1. The van der Waals surface area contributed by atoms with E-state index in [1.807, 2.05) is 25.1 Å². The highest BCUT2D eigenvalue weighted by Gasteiger charge is 2.17. The minimum Gasteiger partial charge on any atom is -0.482 e. The zero-order valence-corrected chi connectivity index (χ0v) is 13.9. The number of carbonyl (C=O) groups excluding carboxylic acids is 2. The van der Waals surface area contributed by atoms with Crippen molar-refractivity contribution in [1.29, 1.82) is 0 Å². The van der Waals surface area contributed by atoms with Gasteiger partial charge < -0.3 is 14.8 Å². The molecule has 1 aromatic carbocycles. The maximum atomic E-state index is 11.7. The Hall–Kier alpha value is -2.04. The quantitative estimate of drug-likeness (QED) is 0.786. The van der Waals surface area contributed by atoms with Crippen LogP contribution in [0.3, 0.4) is 0 Å². The highest BCUT2D eigenvalue weighted by atomic mass is 16.6. The first-order chi connectivity index (χ1) is 10.3. The summed E-state index contributed by atoms with van der Waals surface area (Å²) in [4.78, 5) is 23.1. The molecule has 0 fully saturated rings. The first kappa shape index (κ1) is 18.0. The number of nitrogens with one attached hydrogen (secondary N) is 1. The van der Waals surface area contributed by atoms with Gasteiger partial charge in [0.25, 0.3) is 5.91 Å². The Balaban J connectivity index is 2.51. The van der Waals surface area contributed by atoms with Crippen molar-refractivity contribution in [3.05, 3.63) is 29.3 Å². The summed E-state index contributed by atoms with van der Waals surface area (Å²) in [6.45, 7) is 9.88. The summed E-state index contributed by atoms with van der Waals surface area (Å²) in [6, 6.07) is 5.73. The lowest BCUT2D eigenvalue weighted by molar-refractivity contribution is -0.156. The molecule has 0 unspecified atom stereocenters. The predicted molar refractivity (Wildman–Crippen MR) is 85.0 cm³/mol. The topological polar surface area (TPSA) is 64.6 Å². The standard InChI is InChI=1S/C17H25NO4/c1-6-18-17(20)13(5)22-16(19)10-21-14-7-8-15(11(2)3)12(4)9-14/h7-9,11,13H,6,10H2,1-5H3,(H,18,20)/t13-/m1/s1. The minimum atomic E-state index is -0.818. The largest absolute Gasteiger partial charge is 0.482 e. The number of ether oxygens (including phenoxy) is 2. The summed E-state index contributed by atoms with van der Waals surface area (Å²) in [5, 5.41) is 2.59. The molecule has 0 aliphatic rings. The van der Waals surface area contributed by atoms with Crippen LogP contribution in [0.15, 0.2) is 18.2 Å². The van der Waals surface area contributed by atoms with Gasteiger partial charge in [-0.15, -0.1) is 0 Å². The molecule has 22 heavy (non-hydrogen) atoms. The Kier molecular flexibility index (Phi) is 6.89. The van der Waals surface area contributed by atoms with E-state index in [-0.39, 0.29) is 12.5 Å². The molecule has 5 nitrogen and oxygen atoms in total. The SMILES string of the molecule is CCNC(=O)[C@@H](C)OC(=O)COc1ccc(C(C)C)c(C)c1. The van der Waals surface area contributed by atoms with Gasteiger partial charge in [0.05, 0.1) is 0 Å². The zero-order valence-electron chi connectivity index (χ0n) is 13.9. The minimum absolute atomic E-state index is 0.218. The van der Waals surface area contributed by atoms with Crippen molar-refractivity contribution in [2.45, 2.75) is 46.6 Å². The van der Waals surface area contributed by atoms with Crippen LogP contribution in [0.5, 0.6) is 5.75 Å². The van der Waals surface area contributed by atoms with Crippen molar-refractivity contribution in [3.63, 3.8) is 0 Å². The van der Waals surface area contributed by atoms with Gasteiger partial charge in [-0.05, 0) is 49.9 Å². The van der Waals surface area contributed by atoms with E-state index in [1.165, 1.54) is 12.5 Å². The lowest BCUT2D eigenvalue weighted by Gasteiger charge is -2.14. The third-order valence-corrected chi connectivity index (χ3v) is 3.25. The van der Waals surface area contributed by atoms with Gasteiger partial charge in [0.2, 0.25) is 0 Å². The van der Waals surface area contributed by atoms with E-state index in [9.17, 15) is 9.59 Å². The summed E-state index contributed by atoms with van der Waals surface area (Å²) >= 11 is 0. The molecule has 1 rings (SSSR count). The van der Waals surface area contributed by atoms with E-state index in [2.05, 4.69) is 19.2 Å². The third-order valence-electron chi connectivity index (χ3n) is 3.25. The Labute approximate surface area is 132 Å². The summed E-state index contributed by atoms with van der Waals surface area (Å²) in [5.41, 5.74) is 2.37. The van der Waals surface area contributed by atoms with Crippen molar-refractivity contribution in [2.24, 2.45) is 0 Å². The van der Waals surface area contributed by atoms with Gasteiger partial charge in [-0.25, -0.2) is 4.79 Å². The fourth-order valence-corrected chi connectivity index (χ4v) is 2.13. The number of benzene rings is 1. The molecule has 0 bridgehead atoms. The van der Waals surface area contributed by atoms with Gasteiger partial charge in [-0.2, -0.15) is 0 Å². The maximum Gasteiger partial charge on any atom is 0.344 e. The number of amides is 1. The van der Waals surface area contributed by atoms with Crippen LogP contribution in [0.2, 0.25) is 0 Å². The van der Waals surface area contributed by atoms with Gasteiger partial charge >= 0.3 is 5.97 Å². The summed E-state index contributed by atoms with van der Waals surface area (Å²) in [5.74, 6) is 0.179. The van der Waals surface area contributed by atoms with Crippen molar-refractivity contribution >= 4 is 11.9 Å². The molecule has 0 spiro atoms. The van der Waals surface area contributed by atoms with Crippen LogP contribution in [0.4, 0.5) is 0 Å². The second-order valence-electron chi connectivity index (χ2n) is 5.49. The van der Waals surface area contributed by atoms with E-state index in [0.717, 1.165) is 5.56 Å². The molecule has 5 heteroatoms. The molecule has 1 N–H and O–H groups in total. The van der Waals surface area contributed by atoms with E-state index in [0.29, 0.717) is 18.2 Å². The Morgan fingerprint density at radius 2 is 1.91 bits per heavy atom. The van der Waals surface area contributed by atoms with Crippen molar-refractivity contribution in [3.8, 4) is 5.75 Å². The highest BCUT2D eigenvalue weighted by Crippen LogP contribution is 2.23. The van der Waals surface area contributed by atoms with E-state index in [4.69, 9.17) is 9.47 Å². The molecule has 0 heterocycles. The van der Waals surface area contributed by atoms with Crippen molar-refractivity contribution < 1.29 is 19.1 Å². The van der Waals surface area contributed by atoms with Crippen LogP contribution < -0.4 is 10.1 Å². The number of rotatable bonds is 7. The van der Waals surface area contributed by atoms with Crippen LogP contribution in [-0.2, 0) is 14.3 Å². The first-order valence-electron chi connectivity index (χ1n) is 7.55. The van der Waals surface area contributed by atoms with Crippen LogP contribution in [0.25, 0.3) is 0 Å². The molecule has 0 saturated heterocycles. The number of hydrogen-bond acceptors (Lipinski definition) is 4. The number of carbonyl (C=O) groups is 2. The number of esters is 1. The van der Waals surface area contributed by atoms with Gasteiger partial charge in [0.1, 0.15) is 5.75 Å². The molecule has 1 amide bonds. The monoisotopic (exact) mass is 307 g/mol. The molecule has 1 atom stereocenters. The summed E-state index contributed by atoms with van der Waals surface area (Å²) in [6.07, 6.45) is -0.818. The Bertz CT molecular complexity index is 525. The molecule has 0 saturated carbocycles. The van der Waals surface area contributed by atoms with Crippen LogP contribution in [-0.4, -0.2) is 31.1 Å². The third kappa shape index (κ3) is 5.39. The second kappa shape index (κ2) is 8.41. The molecule has 0 aliphatic heterocycles. The van der Waals surface area contributed by atoms with Crippen LogP contribution in [0, 0.1) is 6.92 Å². The first-order valence-corrected chi connectivity index (χ1v) is 7.55. The van der Waals surface area contributed by atoms with Crippen molar-refractivity contribution in [2.75, 3.05) is 13.2 Å². The maximum absolute atomic E-state index is 11.7. The zero-order chi connectivity index (χ0) is 16.7. The smallest absolute Gasteiger partial charge is 0.344 e. The van der Waals surface area contributed by atoms with Gasteiger partial charge in [0, 0.05) is 6.54 Å². The average molecular weight is 307 g/mol. The van der Waals surface area contributed by atoms with E-state index >= 15 is 0 Å². The average Bonchev–Trinajstić information content (AvgIpc) is 2.45. The van der Waals surface area contributed by atoms with Gasteiger partial charge in [0.15, 0.2) is 12.7 Å². The fourth-order valence-electron chi connectivity index (χ4n) is 2.13. The van der Waals surface area contributed by atoms with Crippen molar-refractivity contribution in [1.82, 2.24) is 5.32 Å². The highest BCUT2D eigenvalue weighted by molar-refractivity contribution is 5.83. The number of hydrogen-bond donors (Lipinski definition) is 1. The van der Waals surface area contributed by atoms with E-state index < -0.39 is 12.1 Å². The molecule has 0 aliphatic carbocycles. The molecular weight excluding hydrogens is 282 g/mol. The Morgan fingerprint density at radius 3 is 2.45 bits per heavy atom. The lowest BCUT2D eigenvalue weighted by atomic mass is 9.98.